The molecule has 4 heterocycles. The molecular formula is C15H17ClN4O. The highest BCUT2D eigenvalue weighted by atomic mass is 35.5. The molecule has 1 aromatic carbocycles. The lowest BCUT2D eigenvalue weighted by molar-refractivity contribution is 0.0618. The number of aromatic amines is 1. The van der Waals surface area contributed by atoms with Crippen molar-refractivity contribution in [2.75, 3.05) is 19.6 Å². The first-order valence-electron chi connectivity index (χ1n) is 7.37. The number of piperidine rings is 3. The van der Waals surface area contributed by atoms with Gasteiger partial charge in [-0.1, -0.05) is 11.6 Å². The summed E-state index contributed by atoms with van der Waals surface area (Å²) in [4.78, 5) is 14.9. The van der Waals surface area contributed by atoms with E-state index in [1.54, 1.807) is 12.1 Å². The Morgan fingerprint density at radius 3 is 2.90 bits per heavy atom. The van der Waals surface area contributed by atoms with Gasteiger partial charge in [-0.2, -0.15) is 5.10 Å². The summed E-state index contributed by atoms with van der Waals surface area (Å²) in [5, 5.41) is 11.6. The SMILES string of the molecule is O=C(N[C@H]1CN2CCC1CC2)c1n[nH]c2ccc(Cl)cc12. The minimum Gasteiger partial charge on any atom is -0.346 e. The number of hydrogen-bond donors (Lipinski definition) is 2. The molecule has 5 nitrogen and oxygen atoms in total. The number of hydrogen-bond acceptors (Lipinski definition) is 3. The first-order valence-corrected chi connectivity index (χ1v) is 7.75. The van der Waals surface area contributed by atoms with Gasteiger partial charge in [0.2, 0.25) is 0 Å². The summed E-state index contributed by atoms with van der Waals surface area (Å²) in [6.07, 6.45) is 2.36. The summed E-state index contributed by atoms with van der Waals surface area (Å²) in [5.41, 5.74) is 1.27. The molecule has 0 spiro atoms. The third-order valence-electron chi connectivity index (χ3n) is 4.71. The number of rotatable bonds is 2. The molecule has 3 fully saturated rings. The van der Waals surface area contributed by atoms with Crippen LogP contribution in [0.3, 0.4) is 0 Å². The van der Waals surface area contributed by atoms with E-state index in [-0.39, 0.29) is 11.9 Å². The van der Waals surface area contributed by atoms with Crippen molar-refractivity contribution < 1.29 is 4.79 Å². The topological polar surface area (TPSA) is 61.0 Å². The first-order chi connectivity index (χ1) is 10.2. The molecule has 1 amide bonds. The van der Waals surface area contributed by atoms with Gasteiger partial charge in [0.1, 0.15) is 0 Å². The zero-order valence-electron chi connectivity index (χ0n) is 11.6. The van der Waals surface area contributed by atoms with Crippen molar-refractivity contribution in [3.05, 3.63) is 28.9 Å². The normalized spacial score (nSPS) is 28.0. The highest BCUT2D eigenvalue weighted by molar-refractivity contribution is 6.31. The molecule has 1 aromatic heterocycles. The summed E-state index contributed by atoms with van der Waals surface area (Å²) >= 11 is 6.02. The predicted octanol–water partition coefficient (Wildman–Crippen LogP) is 2.04. The molecule has 5 rings (SSSR count). The monoisotopic (exact) mass is 304 g/mol. The van der Waals surface area contributed by atoms with E-state index in [0.29, 0.717) is 16.6 Å². The van der Waals surface area contributed by atoms with Crippen molar-refractivity contribution in [1.82, 2.24) is 20.4 Å². The summed E-state index contributed by atoms with van der Waals surface area (Å²) in [6.45, 7) is 3.29. The Morgan fingerprint density at radius 1 is 1.38 bits per heavy atom. The molecule has 21 heavy (non-hydrogen) atoms. The fourth-order valence-electron chi connectivity index (χ4n) is 3.52. The largest absolute Gasteiger partial charge is 0.346 e. The third-order valence-corrected chi connectivity index (χ3v) is 4.95. The van der Waals surface area contributed by atoms with E-state index in [2.05, 4.69) is 20.4 Å². The van der Waals surface area contributed by atoms with Gasteiger partial charge in [-0.25, -0.2) is 0 Å². The van der Waals surface area contributed by atoms with Gasteiger partial charge in [-0.15, -0.1) is 0 Å². The predicted molar refractivity (Wildman–Crippen MR) is 81.5 cm³/mol. The second-order valence-corrected chi connectivity index (χ2v) is 6.42. The fraction of sp³-hybridized carbons (Fsp3) is 0.467. The molecule has 3 aliphatic heterocycles. The van der Waals surface area contributed by atoms with Gasteiger partial charge in [0.25, 0.3) is 5.91 Å². The minimum absolute atomic E-state index is 0.109. The summed E-state index contributed by atoms with van der Waals surface area (Å²) in [7, 11) is 0. The van der Waals surface area contributed by atoms with Crippen molar-refractivity contribution in [3.8, 4) is 0 Å². The van der Waals surface area contributed by atoms with Crippen LogP contribution in [-0.4, -0.2) is 46.7 Å². The molecule has 0 unspecified atom stereocenters. The number of amides is 1. The van der Waals surface area contributed by atoms with E-state index in [9.17, 15) is 4.79 Å². The lowest BCUT2D eigenvalue weighted by atomic mass is 9.84. The van der Waals surface area contributed by atoms with Crippen LogP contribution in [0.5, 0.6) is 0 Å². The van der Waals surface area contributed by atoms with Crippen molar-refractivity contribution in [2.24, 2.45) is 5.92 Å². The lowest BCUT2D eigenvalue weighted by Crippen LogP contribution is -2.57. The molecule has 0 radical (unpaired) electrons. The maximum Gasteiger partial charge on any atom is 0.272 e. The molecule has 3 aliphatic rings. The van der Waals surface area contributed by atoms with Gasteiger partial charge in [-0.3, -0.25) is 9.89 Å². The molecule has 110 valence electrons. The van der Waals surface area contributed by atoms with Crippen LogP contribution in [0.15, 0.2) is 18.2 Å². The second kappa shape index (κ2) is 5.00. The number of fused-ring (bicyclic) bond motifs is 4. The van der Waals surface area contributed by atoms with Crippen LogP contribution in [0.1, 0.15) is 23.3 Å². The Morgan fingerprint density at radius 2 is 2.19 bits per heavy atom. The Labute approximate surface area is 127 Å². The van der Waals surface area contributed by atoms with Crippen LogP contribution in [0.25, 0.3) is 10.9 Å². The van der Waals surface area contributed by atoms with Gasteiger partial charge in [0, 0.05) is 23.0 Å². The van der Waals surface area contributed by atoms with Gasteiger partial charge in [0.15, 0.2) is 5.69 Å². The standard InChI is InChI=1S/C15H17ClN4O/c16-10-1-2-12-11(7-10)14(19-18-12)15(21)17-13-8-20-5-3-9(13)4-6-20/h1-2,7,9,13H,3-6,8H2,(H,17,21)(H,18,19)/t13-/m0/s1. The smallest absolute Gasteiger partial charge is 0.272 e. The quantitative estimate of drug-likeness (QED) is 0.892. The number of benzene rings is 1. The minimum atomic E-state index is -0.109. The fourth-order valence-corrected chi connectivity index (χ4v) is 3.70. The maximum atomic E-state index is 12.5. The van der Waals surface area contributed by atoms with E-state index < -0.39 is 0 Å². The Balaban J connectivity index is 1.57. The Kier molecular flexibility index (Phi) is 3.12. The van der Waals surface area contributed by atoms with Gasteiger partial charge in [-0.05, 0) is 50.0 Å². The molecule has 0 aliphatic carbocycles. The molecule has 1 atom stereocenters. The molecule has 6 heteroatoms. The van der Waals surface area contributed by atoms with Crippen LogP contribution < -0.4 is 5.32 Å². The molecular weight excluding hydrogens is 288 g/mol. The lowest BCUT2D eigenvalue weighted by Gasteiger charge is -2.44. The van der Waals surface area contributed by atoms with E-state index in [0.717, 1.165) is 30.5 Å². The maximum absolute atomic E-state index is 12.5. The van der Waals surface area contributed by atoms with Crippen LogP contribution in [0, 0.1) is 5.92 Å². The zero-order valence-corrected chi connectivity index (χ0v) is 12.4. The Hall–Kier alpha value is -1.59. The first kappa shape index (κ1) is 13.1. The average Bonchev–Trinajstić information content (AvgIpc) is 2.91. The van der Waals surface area contributed by atoms with Crippen molar-refractivity contribution in [3.63, 3.8) is 0 Å². The number of nitrogens with zero attached hydrogens (tertiary/aromatic N) is 2. The molecule has 2 aromatic rings. The highest BCUT2D eigenvalue weighted by Gasteiger charge is 2.35. The Bertz CT molecular complexity index is 690. The summed E-state index contributed by atoms with van der Waals surface area (Å²) in [5.74, 6) is 0.495. The summed E-state index contributed by atoms with van der Waals surface area (Å²) < 4.78 is 0. The van der Waals surface area contributed by atoms with Crippen LogP contribution in [-0.2, 0) is 0 Å². The number of nitrogens with one attached hydrogen (secondary N) is 2. The number of carbonyl (C=O) groups is 1. The van der Waals surface area contributed by atoms with Crippen molar-refractivity contribution in [2.45, 2.75) is 18.9 Å². The number of halogens is 1. The van der Waals surface area contributed by atoms with E-state index in [4.69, 9.17) is 11.6 Å². The average molecular weight is 305 g/mol. The van der Waals surface area contributed by atoms with Gasteiger partial charge in [0.05, 0.1) is 5.52 Å². The number of carbonyl (C=O) groups excluding carboxylic acids is 1. The van der Waals surface area contributed by atoms with Crippen LogP contribution >= 0.6 is 11.6 Å². The molecule has 2 N–H and O–H groups in total. The number of H-pyrrole nitrogens is 1. The van der Waals surface area contributed by atoms with Crippen LogP contribution in [0.4, 0.5) is 0 Å². The highest BCUT2D eigenvalue weighted by Crippen LogP contribution is 2.28. The van der Waals surface area contributed by atoms with Crippen LogP contribution in [0.2, 0.25) is 5.02 Å². The van der Waals surface area contributed by atoms with Crippen molar-refractivity contribution in [1.29, 1.82) is 0 Å². The van der Waals surface area contributed by atoms with E-state index in [1.807, 2.05) is 6.07 Å². The van der Waals surface area contributed by atoms with E-state index in [1.165, 1.54) is 12.8 Å². The van der Waals surface area contributed by atoms with Gasteiger partial charge < -0.3 is 10.2 Å². The molecule has 0 saturated carbocycles. The summed E-state index contributed by atoms with van der Waals surface area (Å²) in [6, 6.07) is 5.66. The second-order valence-electron chi connectivity index (χ2n) is 5.98. The third kappa shape index (κ3) is 2.30. The van der Waals surface area contributed by atoms with Gasteiger partial charge >= 0.3 is 0 Å². The molecule has 3 saturated heterocycles. The van der Waals surface area contributed by atoms with Crippen molar-refractivity contribution >= 4 is 28.4 Å². The van der Waals surface area contributed by atoms with E-state index >= 15 is 0 Å². The molecule has 2 bridgehead atoms. The number of aromatic nitrogens is 2. The zero-order chi connectivity index (χ0) is 14.4.